The lowest BCUT2D eigenvalue weighted by Gasteiger charge is -2.31. The molecule has 0 spiro atoms. The summed E-state index contributed by atoms with van der Waals surface area (Å²) in [6, 6.07) is 28.1. The molecule has 0 aliphatic carbocycles. The Morgan fingerprint density at radius 2 is 1.67 bits per heavy atom. The summed E-state index contributed by atoms with van der Waals surface area (Å²) in [5.74, 6) is 0.0629. The number of hydrogen-bond donors (Lipinski definition) is 1. The summed E-state index contributed by atoms with van der Waals surface area (Å²) < 4.78 is 6.81. The number of rotatable bonds is 12. The zero-order chi connectivity index (χ0) is 27.6. The normalized spacial score (nSPS) is 11.7. The van der Waals surface area contributed by atoms with Gasteiger partial charge >= 0.3 is 0 Å². The van der Waals surface area contributed by atoms with Gasteiger partial charge in [0.2, 0.25) is 5.91 Å². The van der Waals surface area contributed by atoms with E-state index in [9.17, 15) is 9.59 Å². The molecular formula is C32H32BrClN2O3. The van der Waals surface area contributed by atoms with Crippen molar-refractivity contribution in [2.24, 2.45) is 0 Å². The first-order valence-electron chi connectivity index (χ1n) is 13.1. The smallest absolute Gasteiger partial charge is 0.261 e. The molecule has 0 unspecified atom stereocenters. The first kappa shape index (κ1) is 28.7. The van der Waals surface area contributed by atoms with Crippen LogP contribution in [0.5, 0.6) is 5.75 Å². The van der Waals surface area contributed by atoms with Gasteiger partial charge in [0, 0.05) is 24.5 Å². The first-order valence-corrected chi connectivity index (χ1v) is 14.3. The van der Waals surface area contributed by atoms with Crippen molar-refractivity contribution in [2.45, 2.75) is 38.8 Å². The summed E-state index contributed by atoms with van der Waals surface area (Å²) in [5.41, 5.74) is 1.72. The number of hydrogen-bond acceptors (Lipinski definition) is 3. The molecule has 4 aromatic carbocycles. The van der Waals surface area contributed by atoms with Crippen molar-refractivity contribution in [2.75, 3.05) is 13.2 Å². The largest absolute Gasteiger partial charge is 0.483 e. The SMILES string of the molecule is CCCCNC(=O)[C@@H](Cc1ccccc1)N(Cc1ccccc1Cl)C(=O)COc1ccc2ccccc2c1Br. The number of carbonyl (C=O) groups excluding carboxylic acids is 2. The van der Waals surface area contributed by atoms with E-state index < -0.39 is 6.04 Å². The summed E-state index contributed by atoms with van der Waals surface area (Å²) in [4.78, 5) is 29.0. The number of ether oxygens (including phenoxy) is 1. The molecule has 1 atom stereocenters. The Hall–Kier alpha value is -3.35. The summed E-state index contributed by atoms with van der Waals surface area (Å²) in [7, 11) is 0. The minimum absolute atomic E-state index is 0.180. The van der Waals surface area contributed by atoms with Gasteiger partial charge < -0.3 is 15.0 Å². The third kappa shape index (κ3) is 7.61. The van der Waals surface area contributed by atoms with Crippen LogP contribution in [0, 0.1) is 0 Å². The van der Waals surface area contributed by atoms with E-state index in [1.165, 1.54) is 0 Å². The van der Waals surface area contributed by atoms with Crippen LogP contribution < -0.4 is 10.1 Å². The second kappa shape index (κ2) is 14.2. The molecule has 0 aromatic heterocycles. The van der Waals surface area contributed by atoms with Crippen LogP contribution in [0.25, 0.3) is 10.8 Å². The van der Waals surface area contributed by atoms with Gasteiger partial charge in [0.15, 0.2) is 6.61 Å². The van der Waals surface area contributed by atoms with Gasteiger partial charge in [-0.1, -0.05) is 104 Å². The van der Waals surface area contributed by atoms with Crippen molar-refractivity contribution in [3.05, 3.63) is 112 Å². The van der Waals surface area contributed by atoms with E-state index in [0.717, 1.165) is 39.2 Å². The fourth-order valence-electron chi connectivity index (χ4n) is 4.42. The molecular weight excluding hydrogens is 576 g/mol. The maximum atomic E-state index is 13.8. The third-order valence-electron chi connectivity index (χ3n) is 6.58. The van der Waals surface area contributed by atoms with Crippen LogP contribution in [0.2, 0.25) is 5.02 Å². The van der Waals surface area contributed by atoms with Crippen molar-refractivity contribution in [3.63, 3.8) is 0 Å². The van der Waals surface area contributed by atoms with E-state index in [1.54, 1.807) is 11.0 Å². The molecule has 7 heteroatoms. The second-order valence-corrected chi connectivity index (χ2v) is 10.6. The van der Waals surface area contributed by atoms with Gasteiger partial charge in [0.25, 0.3) is 5.91 Å². The lowest BCUT2D eigenvalue weighted by Crippen LogP contribution is -2.51. The Morgan fingerprint density at radius 1 is 0.949 bits per heavy atom. The van der Waals surface area contributed by atoms with Crippen LogP contribution in [0.4, 0.5) is 0 Å². The standard InChI is InChI=1S/C32H32BrClN2O3/c1-2-3-19-35-32(38)28(20-23-11-5-4-6-12-23)36(21-25-14-8-10-16-27(25)34)30(37)22-39-29-18-17-24-13-7-9-15-26(24)31(29)33/h4-18,28H,2-3,19-22H2,1H3,(H,35,38)/t28-/m1/s1. The minimum atomic E-state index is -0.739. The Balaban J connectivity index is 1.63. The van der Waals surface area contributed by atoms with Crippen molar-refractivity contribution < 1.29 is 14.3 Å². The van der Waals surface area contributed by atoms with Crippen molar-refractivity contribution in [1.82, 2.24) is 10.2 Å². The molecule has 4 aromatic rings. The molecule has 5 nitrogen and oxygen atoms in total. The van der Waals surface area contributed by atoms with Gasteiger partial charge in [-0.2, -0.15) is 0 Å². The van der Waals surface area contributed by atoms with Crippen LogP contribution in [-0.4, -0.2) is 35.9 Å². The van der Waals surface area contributed by atoms with Gasteiger partial charge in [-0.25, -0.2) is 0 Å². The Labute approximate surface area is 243 Å². The number of unbranched alkanes of at least 4 members (excludes halogenated alkanes) is 1. The van der Waals surface area contributed by atoms with Crippen molar-refractivity contribution in [3.8, 4) is 5.75 Å². The quantitative estimate of drug-likeness (QED) is 0.173. The highest BCUT2D eigenvalue weighted by Gasteiger charge is 2.31. The number of amides is 2. The second-order valence-electron chi connectivity index (χ2n) is 9.35. The zero-order valence-electron chi connectivity index (χ0n) is 21.9. The van der Waals surface area contributed by atoms with Crippen LogP contribution in [0.1, 0.15) is 30.9 Å². The first-order chi connectivity index (χ1) is 19.0. The topological polar surface area (TPSA) is 58.6 Å². The maximum absolute atomic E-state index is 13.8. The molecule has 1 N–H and O–H groups in total. The van der Waals surface area contributed by atoms with Gasteiger partial charge in [0.1, 0.15) is 11.8 Å². The molecule has 0 fully saturated rings. The molecule has 202 valence electrons. The van der Waals surface area contributed by atoms with E-state index in [-0.39, 0.29) is 25.0 Å². The maximum Gasteiger partial charge on any atom is 0.261 e. The predicted octanol–water partition coefficient (Wildman–Crippen LogP) is 7.19. The van der Waals surface area contributed by atoms with Gasteiger partial charge in [-0.15, -0.1) is 0 Å². The lowest BCUT2D eigenvalue weighted by atomic mass is 10.0. The van der Waals surface area contributed by atoms with E-state index in [1.807, 2.05) is 84.9 Å². The lowest BCUT2D eigenvalue weighted by molar-refractivity contribution is -0.142. The monoisotopic (exact) mass is 606 g/mol. The van der Waals surface area contributed by atoms with Crippen molar-refractivity contribution in [1.29, 1.82) is 0 Å². The number of carbonyl (C=O) groups is 2. The molecule has 0 radical (unpaired) electrons. The van der Waals surface area contributed by atoms with Crippen molar-refractivity contribution >= 4 is 50.1 Å². The summed E-state index contributed by atoms with van der Waals surface area (Å²) >= 11 is 10.1. The fraction of sp³-hybridized carbons (Fsp3) is 0.250. The van der Waals surface area contributed by atoms with Gasteiger partial charge in [-0.05, 0) is 56.4 Å². The van der Waals surface area contributed by atoms with Crippen LogP contribution in [0.3, 0.4) is 0 Å². The van der Waals surface area contributed by atoms with E-state index in [2.05, 4.69) is 28.2 Å². The fourth-order valence-corrected chi connectivity index (χ4v) is 5.22. The molecule has 0 bridgehead atoms. The van der Waals surface area contributed by atoms with E-state index >= 15 is 0 Å². The molecule has 0 saturated heterocycles. The molecule has 0 heterocycles. The van der Waals surface area contributed by atoms with Crippen LogP contribution in [-0.2, 0) is 22.6 Å². The predicted molar refractivity (Wildman–Crippen MR) is 161 cm³/mol. The molecule has 0 saturated carbocycles. The third-order valence-corrected chi connectivity index (χ3v) is 7.76. The number of nitrogens with zero attached hydrogens (tertiary/aromatic N) is 1. The summed E-state index contributed by atoms with van der Waals surface area (Å²) in [6.45, 7) is 2.58. The molecule has 0 aliphatic heterocycles. The average molecular weight is 608 g/mol. The highest BCUT2D eigenvalue weighted by atomic mass is 79.9. The minimum Gasteiger partial charge on any atom is -0.483 e. The zero-order valence-corrected chi connectivity index (χ0v) is 24.3. The number of nitrogens with one attached hydrogen (secondary N) is 1. The number of benzene rings is 4. The number of fused-ring (bicyclic) bond motifs is 1. The highest BCUT2D eigenvalue weighted by molar-refractivity contribution is 9.10. The Kier molecular flexibility index (Phi) is 10.4. The Morgan fingerprint density at radius 3 is 2.44 bits per heavy atom. The summed E-state index contributed by atoms with van der Waals surface area (Å²) in [5, 5.41) is 5.63. The average Bonchev–Trinajstić information content (AvgIpc) is 2.96. The molecule has 2 amide bonds. The van der Waals surface area contributed by atoms with Crippen LogP contribution >= 0.6 is 27.5 Å². The van der Waals surface area contributed by atoms with E-state index in [4.69, 9.17) is 16.3 Å². The molecule has 0 aliphatic rings. The summed E-state index contributed by atoms with van der Waals surface area (Å²) in [6.07, 6.45) is 2.19. The number of halogens is 2. The van der Waals surface area contributed by atoms with E-state index in [0.29, 0.717) is 23.7 Å². The van der Waals surface area contributed by atoms with Crippen LogP contribution in [0.15, 0.2) is 95.5 Å². The Bertz CT molecular complexity index is 1410. The highest BCUT2D eigenvalue weighted by Crippen LogP contribution is 2.33. The van der Waals surface area contributed by atoms with Gasteiger partial charge in [0.05, 0.1) is 4.47 Å². The van der Waals surface area contributed by atoms with Gasteiger partial charge in [-0.3, -0.25) is 9.59 Å². The molecule has 4 rings (SSSR count). The molecule has 39 heavy (non-hydrogen) atoms.